The van der Waals surface area contributed by atoms with Gasteiger partial charge in [-0.15, -0.1) is 0 Å². The highest BCUT2D eigenvalue weighted by molar-refractivity contribution is 7.09. The number of carboxylic acid groups (broad SMARTS) is 1. The summed E-state index contributed by atoms with van der Waals surface area (Å²) in [7, 11) is 1.94. The fourth-order valence-electron chi connectivity index (χ4n) is 7.07. The molecule has 3 aromatic heterocycles. The van der Waals surface area contributed by atoms with Crippen LogP contribution in [0.1, 0.15) is 41.6 Å². The van der Waals surface area contributed by atoms with Gasteiger partial charge in [-0.1, -0.05) is 0 Å². The molecule has 0 bridgehead atoms. The highest BCUT2D eigenvalue weighted by Crippen LogP contribution is 2.43. The Bertz CT molecular complexity index is 1740. The van der Waals surface area contributed by atoms with Crippen molar-refractivity contribution in [3.05, 3.63) is 40.3 Å². The molecule has 0 spiro atoms. The van der Waals surface area contributed by atoms with Gasteiger partial charge in [0.2, 0.25) is 5.95 Å². The number of aliphatic carboxylic acids is 1. The van der Waals surface area contributed by atoms with Gasteiger partial charge in [-0.2, -0.15) is 9.36 Å². The van der Waals surface area contributed by atoms with Gasteiger partial charge in [0, 0.05) is 69.1 Å². The molecule has 4 aromatic rings. The first kappa shape index (κ1) is 29.1. The molecule has 10 nitrogen and oxygen atoms in total. The molecule has 1 aromatic carbocycles. The predicted octanol–water partition coefficient (Wildman–Crippen LogP) is 4.77. The van der Waals surface area contributed by atoms with E-state index in [9.17, 15) is 9.90 Å². The van der Waals surface area contributed by atoms with E-state index in [2.05, 4.69) is 9.80 Å². The first-order chi connectivity index (χ1) is 21.3. The Morgan fingerprint density at radius 1 is 1.11 bits per heavy atom. The van der Waals surface area contributed by atoms with Crippen molar-refractivity contribution < 1.29 is 23.8 Å². The van der Waals surface area contributed by atoms with Crippen molar-refractivity contribution in [1.29, 1.82) is 0 Å². The number of anilines is 1. The Balaban J connectivity index is 1.27. The zero-order valence-corrected chi connectivity index (χ0v) is 26.2. The molecular formula is C32H37FN6O4S. The van der Waals surface area contributed by atoms with Crippen LogP contribution < -0.4 is 9.64 Å². The van der Waals surface area contributed by atoms with Crippen LogP contribution in [0.4, 0.5) is 10.3 Å². The highest BCUT2D eigenvalue weighted by Gasteiger charge is 2.29. The van der Waals surface area contributed by atoms with Crippen LogP contribution >= 0.6 is 11.5 Å². The highest BCUT2D eigenvalue weighted by atomic mass is 32.1. The number of benzene rings is 1. The number of fused-ring (bicyclic) bond motifs is 2. The van der Waals surface area contributed by atoms with Gasteiger partial charge < -0.3 is 24.0 Å². The Morgan fingerprint density at radius 3 is 2.64 bits per heavy atom. The standard InChI is InChI=1S/C32H37FN6O4S/c1-18-21-5-4-12-43-29(21)25(33)15-22(18)28-23(17-27(40)41)19(2)34-30-24(28)16-26(37(30)3)31-35-32(36-44-31)39-10-8-38(9-11-39)20-6-13-42-14-7-20/h15-16,20H,4-14,17H2,1-3H3,(H,40,41). The van der Waals surface area contributed by atoms with Crippen LogP contribution in [0.2, 0.25) is 0 Å². The van der Waals surface area contributed by atoms with Gasteiger partial charge in [-0.25, -0.2) is 9.37 Å². The first-order valence-electron chi connectivity index (χ1n) is 15.4. The lowest BCUT2D eigenvalue weighted by atomic mass is 9.87. The number of halogens is 1. The summed E-state index contributed by atoms with van der Waals surface area (Å²) in [6, 6.07) is 4.09. The van der Waals surface area contributed by atoms with E-state index in [0.717, 1.165) is 91.8 Å². The molecule has 0 unspecified atom stereocenters. The SMILES string of the molecule is Cc1nc2c(cc(-c3nc(N4CCN(C5CCOCC5)CC4)ns3)n2C)c(-c2cc(F)c3c(c2C)CCCO3)c1CC(=O)O. The van der Waals surface area contributed by atoms with Crippen molar-refractivity contribution in [2.75, 3.05) is 50.9 Å². The molecule has 7 rings (SSSR count). The van der Waals surface area contributed by atoms with Gasteiger partial charge in [0.15, 0.2) is 16.6 Å². The van der Waals surface area contributed by atoms with E-state index in [1.807, 2.05) is 31.5 Å². The molecule has 3 aliphatic rings. The lowest BCUT2D eigenvalue weighted by molar-refractivity contribution is -0.136. The minimum absolute atomic E-state index is 0.216. The fraction of sp³-hybridized carbons (Fsp3) is 0.500. The summed E-state index contributed by atoms with van der Waals surface area (Å²) in [6.45, 7) is 9.68. The summed E-state index contributed by atoms with van der Waals surface area (Å²) in [5.74, 6) is -0.351. The van der Waals surface area contributed by atoms with Crippen LogP contribution in [0.3, 0.4) is 0 Å². The van der Waals surface area contributed by atoms with Crippen LogP contribution in [0.15, 0.2) is 12.1 Å². The topological polar surface area (TPSA) is 106 Å². The van der Waals surface area contributed by atoms with Crippen molar-refractivity contribution in [2.45, 2.75) is 52.0 Å². The number of piperazine rings is 1. The smallest absolute Gasteiger partial charge is 0.307 e. The number of aromatic nitrogens is 4. The molecule has 2 fully saturated rings. The van der Waals surface area contributed by atoms with E-state index in [1.165, 1.54) is 17.6 Å². The summed E-state index contributed by atoms with van der Waals surface area (Å²) >= 11 is 1.35. The van der Waals surface area contributed by atoms with Crippen molar-refractivity contribution >= 4 is 34.5 Å². The van der Waals surface area contributed by atoms with Gasteiger partial charge >= 0.3 is 5.97 Å². The molecule has 0 saturated carbocycles. The summed E-state index contributed by atoms with van der Waals surface area (Å²) in [5.41, 5.74) is 5.85. The molecule has 0 aliphatic carbocycles. The van der Waals surface area contributed by atoms with Crippen LogP contribution in [0.25, 0.3) is 32.9 Å². The lowest BCUT2D eigenvalue weighted by Crippen LogP contribution is -2.51. The average Bonchev–Trinajstić information content (AvgIpc) is 3.65. The van der Waals surface area contributed by atoms with E-state index in [1.54, 1.807) is 0 Å². The fourth-order valence-corrected chi connectivity index (χ4v) is 7.80. The Hall–Kier alpha value is -3.61. The predicted molar refractivity (Wildman–Crippen MR) is 167 cm³/mol. The molecule has 232 valence electrons. The van der Waals surface area contributed by atoms with Gasteiger partial charge in [-0.05, 0) is 85.4 Å². The number of aryl methyl sites for hydroxylation is 2. The largest absolute Gasteiger partial charge is 0.490 e. The van der Waals surface area contributed by atoms with Crippen LogP contribution in [-0.4, -0.2) is 86.9 Å². The maximum absolute atomic E-state index is 15.5. The monoisotopic (exact) mass is 620 g/mol. The summed E-state index contributed by atoms with van der Waals surface area (Å²) in [6.07, 6.45) is 3.49. The van der Waals surface area contributed by atoms with E-state index in [-0.39, 0.29) is 6.42 Å². The normalized spacial score (nSPS) is 18.0. The molecule has 2 saturated heterocycles. The number of carbonyl (C=O) groups is 1. The second-order valence-corrected chi connectivity index (χ2v) is 12.8. The van der Waals surface area contributed by atoms with Crippen molar-refractivity contribution in [3.8, 4) is 27.6 Å². The Kier molecular flexibility index (Phi) is 7.75. The lowest BCUT2D eigenvalue weighted by Gasteiger charge is -2.40. The van der Waals surface area contributed by atoms with E-state index >= 15 is 4.39 Å². The number of ether oxygens (including phenoxy) is 2. The molecule has 12 heteroatoms. The Morgan fingerprint density at radius 2 is 1.89 bits per heavy atom. The number of hydrogen-bond acceptors (Lipinski definition) is 9. The third kappa shape index (κ3) is 5.12. The van der Waals surface area contributed by atoms with Crippen LogP contribution in [0, 0.1) is 19.7 Å². The van der Waals surface area contributed by atoms with Gasteiger partial charge in [-0.3, -0.25) is 9.69 Å². The van der Waals surface area contributed by atoms with Gasteiger partial charge in [0.05, 0.1) is 18.7 Å². The first-order valence-corrected chi connectivity index (χ1v) is 16.1. The third-order valence-corrected chi connectivity index (χ3v) is 10.2. The molecule has 6 heterocycles. The quantitative estimate of drug-likeness (QED) is 0.326. The summed E-state index contributed by atoms with van der Waals surface area (Å²) in [5, 5.41) is 11.4. The number of nitrogens with zero attached hydrogens (tertiary/aromatic N) is 6. The number of hydrogen-bond donors (Lipinski definition) is 1. The molecule has 0 atom stereocenters. The van der Waals surface area contributed by atoms with Gasteiger partial charge in [0.25, 0.3) is 0 Å². The van der Waals surface area contributed by atoms with Gasteiger partial charge in [0.1, 0.15) is 5.65 Å². The number of pyridine rings is 1. The van der Waals surface area contributed by atoms with Crippen molar-refractivity contribution in [3.63, 3.8) is 0 Å². The van der Waals surface area contributed by atoms with E-state index in [4.69, 9.17) is 23.8 Å². The minimum atomic E-state index is -0.961. The molecule has 0 radical (unpaired) electrons. The maximum Gasteiger partial charge on any atom is 0.307 e. The molecular weight excluding hydrogens is 583 g/mol. The Labute approximate surface area is 259 Å². The van der Waals surface area contributed by atoms with E-state index < -0.39 is 11.8 Å². The van der Waals surface area contributed by atoms with Crippen molar-refractivity contribution in [1.82, 2.24) is 23.8 Å². The second kappa shape index (κ2) is 11.7. The van der Waals surface area contributed by atoms with Crippen molar-refractivity contribution in [2.24, 2.45) is 7.05 Å². The second-order valence-electron chi connectivity index (χ2n) is 12.0. The third-order valence-electron chi connectivity index (χ3n) is 9.45. The number of carboxylic acids is 1. The molecule has 44 heavy (non-hydrogen) atoms. The number of rotatable bonds is 6. The summed E-state index contributed by atoms with van der Waals surface area (Å²) in [4.78, 5) is 26.7. The maximum atomic E-state index is 15.5. The average molecular weight is 621 g/mol. The zero-order chi connectivity index (χ0) is 30.5. The molecule has 0 amide bonds. The zero-order valence-electron chi connectivity index (χ0n) is 25.4. The van der Waals surface area contributed by atoms with E-state index in [0.29, 0.717) is 52.9 Å². The molecule has 1 N–H and O–H groups in total. The van der Waals surface area contributed by atoms with Crippen LogP contribution in [0.5, 0.6) is 5.75 Å². The van der Waals surface area contributed by atoms with Crippen LogP contribution in [-0.2, 0) is 29.4 Å². The molecule has 3 aliphatic heterocycles. The minimum Gasteiger partial charge on any atom is -0.490 e. The summed E-state index contributed by atoms with van der Waals surface area (Å²) < 4.78 is 33.4.